The van der Waals surface area contributed by atoms with Crippen LogP contribution in [0.1, 0.15) is 26.0 Å². The van der Waals surface area contributed by atoms with Crippen molar-refractivity contribution < 1.29 is 29.2 Å². The number of nitrogen functional groups attached to an aromatic ring is 1. The minimum absolute atomic E-state index is 0.174. The summed E-state index contributed by atoms with van der Waals surface area (Å²) in [6.07, 6.45) is -3.48. The number of aliphatic hydroxyl groups excluding tert-OH is 1. The molecule has 1 saturated heterocycles. The average Bonchev–Trinajstić information content (AvgIpc) is 2.99. The third kappa shape index (κ3) is 2.29. The molecule has 2 fully saturated rings. The number of nitrogens with zero attached hydrogens (tertiary/aromatic N) is 4. The Kier molecular flexibility index (Phi) is 3.97. The minimum atomic E-state index is -1.94. The summed E-state index contributed by atoms with van der Waals surface area (Å²) in [5.74, 6) is 0.180. The molecule has 0 radical (unpaired) electrons. The van der Waals surface area contributed by atoms with Crippen LogP contribution in [0.4, 0.5) is 10.6 Å². The SMILES string of the molecule is CC[C@H](C)OC(=O)OC1[C@H]2O[C@@](C#N)(c3ccc4c(N)ncnn34)[C@H](O)[C@@]12O. The van der Waals surface area contributed by atoms with E-state index in [1.165, 1.54) is 16.9 Å². The van der Waals surface area contributed by atoms with Crippen molar-refractivity contribution in [2.75, 3.05) is 5.73 Å². The van der Waals surface area contributed by atoms with Gasteiger partial charge in [-0.1, -0.05) is 6.92 Å². The maximum Gasteiger partial charge on any atom is 0.509 e. The van der Waals surface area contributed by atoms with E-state index in [2.05, 4.69) is 10.1 Å². The molecule has 11 heteroatoms. The van der Waals surface area contributed by atoms with Crippen molar-refractivity contribution in [2.24, 2.45) is 0 Å². The van der Waals surface area contributed by atoms with Gasteiger partial charge in [-0.25, -0.2) is 14.3 Å². The van der Waals surface area contributed by atoms with Crippen LogP contribution in [-0.4, -0.2) is 61.0 Å². The molecule has 0 amide bonds. The second-order valence-corrected chi connectivity index (χ2v) is 6.96. The number of aromatic nitrogens is 3. The van der Waals surface area contributed by atoms with E-state index in [4.69, 9.17) is 19.9 Å². The number of nitrogens with two attached hydrogens (primary N) is 1. The summed E-state index contributed by atoms with van der Waals surface area (Å²) in [7, 11) is 0. The van der Waals surface area contributed by atoms with Crippen LogP contribution in [0, 0.1) is 11.3 Å². The van der Waals surface area contributed by atoms with Crippen molar-refractivity contribution in [1.82, 2.24) is 14.6 Å². The second-order valence-electron chi connectivity index (χ2n) is 6.96. The molecular formula is C17H19N5O6. The molecule has 2 aliphatic rings. The number of ether oxygens (including phenoxy) is 3. The predicted molar refractivity (Wildman–Crippen MR) is 91.6 cm³/mol. The summed E-state index contributed by atoms with van der Waals surface area (Å²) >= 11 is 0. The molecule has 1 unspecified atom stereocenters. The van der Waals surface area contributed by atoms with Crippen molar-refractivity contribution in [3.63, 3.8) is 0 Å². The van der Waals surface area contributed by atoms with Gasteiger partial charge in [0.25, 0.3) is 0 Å². The first-order valence-corrected chi connectivity index (χ1v) is 8.75. The van der Waals surface area contributed by atoms with Gasteiger partial charge in [-0.15, -0.1) is 0 Å². The average molecular weight is 389 g/mol. The molecule has 6 atom stereocenters. The molecule has 2 aromatic rings. The highest BCUT2D eigenvalue weighted by Crippen LogP contribution is 2.59. The molecule has 1 aliphatic heterocycles. The monoisotopic (exact) mass is 389 g/mol. The lowest BCUT2D eigenvalue weighted by Crippen LogP contribution is -2.47. The van der Waals surface area contributed by atoms with Crippen LogP contribution in [-0.2, 0) is 19.8 Å². The number of carbonyl (C=O) groups excluding carboxylic acids is 1. The summed E-state index contributed by atoms with van der Waals surface area (Å²) in [6, 6.07) is 5.00. The van der Waals surface area contributed by atoms with Crippen molar-refractivity contribution in [3.8, 4) is 6.07 Å². The number of hydrogen-bond donors (Lipinski definition) is 3. The zero-order chi connectivity index (χ0) is 20.3. The second kappa shape index (κ2) is 6.03. The molecule has 4 rings (SSSR count). The van der Waals surface area contributed by atoms with Crippen molar-refractivity contribution in [2.45, 2.75) is 55.9 Å². The van der Waals surface area contributed by atoms with E-state index in [0.717, 1.165) is 0 Å². The standard InChI is InChI=1S/C17H19N5O6/c1-3-8(2)26-15(24)27-11-12-17(11,25)14(23)16(6-18,28-12)10-5-4-9-13(19)20-7-21-22(9)10/h4-5,7-8,11-12,14,23,25H,3H2,1-2H3,(H2,19,20,21)/t8-,11?,12+,14-,16-,17+/m0/s1. The Balaban J connectivity index is 1.61. The molecule has 0 bridgehead atoms. The Labute approximate surface area is 159 Å². The van der Waals surface area contributed by atoms with Crippen LogP contribution >= 0.6 is 0 Å². The minimum Gasteiger partial charge on any atom is -0.431 e. The van der Waals surface area contributed by atoms with Gasteiger partial charge in [0.15, 0.2) is 17.5 Å². The first-order chi connectivity index (χ1) is 13.3. The number of rotatable bonds is 4. The van der Waals surface area contributed by atoms with Gasteiger partial charge in [0.2, 0.25) is 5.60 Å². The van der Waals surface area contributed by atoms with Crippen LogP contribution in [0.25, 0.3) is 5.52 Å². The number of hydrogen-bond acceptors (Lipinski definition) is 10. The predicted octanol–water partition coefficient (Wildman–Crippen LogP) is -0.145. The molecule has 11 nitrogen and oxygen atoms in total. The van der Waals surface area contributed by atoms with Gasteiger partial charge >= 0.3 is 6.16 Å². The van der Waals surface area contributed by atoms with E-state index >= 15 is 0 Å². The molecular weight excluding hydrogens is 370 g/mol. The van der Waals surface area contributed by atoms with E-state index in [1.54, 1.807) is 13.0 Å². The quantitative estimate of drug-likeness (QED) is 0.599. The van der Waals surface area contributed by atoms with E-state index < -0.39 is 35.7 Å². The first kappa shape index (κ1) is 18.4. The molecule has 0 aromatic carbocycles. The van der Waals surface area contributed by atoms with E-state index in [0.29, 0.717) is 11.9 Å². The number of fused-ring (bicyclic) bond motifs is 2. The zero-order valence-corrected chi connectivity index (χ0v) is 15.1. The largest absolute Gasteiger partial charge is 0.509 e. The molecule has 4 N–H and O–H groups in total. The molecule has 28 heavy (non-hydrogen) atoms. The van der Waals surface area contributed by atoms with Crippen LogP contribution in [0.5, 0.6) is 0 Å². The van der Waals surface area contributed by atoms with Gasteiger partial charge in [-0.2, -0.15) is 10.4 Å². The van der Waals surface area contributed by atoms with Crippen LogP contribution in [0.3, 0.4) is 0 Å². The lowest BCUT2D eigenvalue weighted by molar-refractivity contribution is -0.114. The number of anilines is 1. The summed E-state index contributed by atoms with van der Waals surface area (Å²) in [5, 5.41) is 35.4. The van der Waals surface area contributed by atoms with Gasteiger partial charge in [0.05, 0.1) is 5.69 Å². The first-order valence-electron chi connectivity index (χ1n) is 8.75. The highest BCUT2D eigenvalue weighted by atomic mass is 16.8. The molecule has 0 spiro atoms. The fourth-order valence-electron chi connectivity index (χ4n) is 3.50. The number of aliphatic hydroxyl groups is 2. The highest BCUT2D eigenvalue weighted by Gasteiger charge is 2.84. The van der Waals surface area contributed by atoms with Crippen molar-refractivity contribution >= 4 is 17.5 Å². The lowest BCUT2D eigenvalue weighted by Gasteiger charge is -2.29. The van der Waals surface area contributed by atoms with Crippen molar-refractivity contribution in [1.29, 1.82) is 5.26 Å². The summed E-state index contributed by atoms with van der Waals surface area (Å²) in [4.78, 5) is 15.7. The van der Waals surface area contributed by atoms with Crippen LogP contribution < -0.4 is 5.73 Å². The highest BCUT2D eigenvalue weighted by molar-refractivity contribution is 5.66. The Bertz CT molecular complexity index is 988. The Hall–Kier alpha value is -2.94. The van der Waals surface area contributed by atoms with Gasteiger partial charge in [0.1, 0.15) is 36.2 Å². The Morgan fingerprint density at radius 1 is 1.57 bits per heavy atom. The Morgan fingerprint density at radius 2 is 2.32 bits per heavy atom. The van der Waals surface area contributed by atoms with Gasteiger partial charge in [-0.3, -0.25) is 0 Å². The number of nitriles is 1. The maximum atomic E-state index is 11.8. The number of carbonyl (C=O) groups is 1. The summed E-state index contributed by atoms with van der Waals surface area (Å²) in [5.41, 5.74) is 2.53. The third-order valence-electron chi connectivity index (χ3n) is 5.34. The Morgan fingerprint density at radius 3 is 2.93 bits per heavy atom. The van der Waals surface area contributed by atoms with E-state index in [-0.39, 0.29) is 17.6 Å². The van der Waals surface area contributed by atoms with Gasteiger partial charge in [-0.05, 0) is 25.5 Å². The molecule has 2 aromatic heterocycles. The molecule has 3 heterocycles. The van der Waals surface area contributed by atoms with Crippen LogP contribution in [0.15, 0.2) is 18.5 Å². The van der Waals surface area contributed by atoms with Crippen molar-refractivity contribution in [3.05, 3.63) is 24.2 Å². The fraction of sp³-hybridized carbons (Fsp3) is 0.529. The normalized spacial score (nSPS) is 34.5. The van der Waals surface area contributed by atoms with E-state index in [1.807, 2.05) is 13.0 Å². The zero-order valence-electron chi connectivity index (χ0n) is 15.1. The third-order valence-corrected chi connectivity index (χ3v) is 5.34. The topological polar surface area (TPSA) is 165 Å². The maximum absolute atomic E-state index is 11.8. The summed E-state index contributed by atoms with van der Waals surface area (Å²) < 4.78 is 17.1. The van der Waals surface area contributed by atoms with Crippen LogP contribution in [0.2, 0.25) is 0 Å². The fourth-order valence-corrected chi connectivity index (χ4v) is 3.50. The molecule has 1 aliphatic carbocycles. The lowest BCUT2D eigenvalue weighted by atomic mass is 9.90. The van der Waals surface area contributed by atoms with Gasteiger partial charge < -0.3 is 30.2 Å². The van der Waals surface area contributed by atoms with Gasteiger partial charge in [0, 0.05) is 0 Å². The molecule has 148 valence electrons. The van der Waals surface area contributed by atoms with E-state index in [9.17, 15) is 20.3 Å². The smallest absolute Gasteiger partial charge is 0.431 e. The molecule has 1 saturated carbocycles. The summed E-state index contributed by atoms with van der Waals surface area (Å²) in [6.45, 7) is 3.53.